The van der Waals surface area contributed by atoms with E-state index >= 15 is 0 Å². The number of aromatic nitrogens is 1. The number of ether oxygens (including phenoxy) is 1. The summed E-state index contributed by atoms with van der Waals surface area (Å²) >= 11 is 1.29. The molecule has 1 aliphatic rings. The summed E-state index contributed by atoms with van der Waals surface area (Å²) in [5, 5.41) is 8.30. The van der Waals surface area contributed by atoms with Gasteiger partial charge in [-0.05, 0) is 50.8 Å². The molecule has 2 heterocycles. The predicted octanol–water partition coefficient (Wildman–Crippen LogP) is 4.23. The number of amides is 3. The van der Waals surface area contributed by atoms with Crippen LogP contribution in [0.1, 0.15) is 102 Å². The number of cyclic esters (lactones) is 1. The molecular weight excluding hydrogens is 556 g/mol. The molecule has 0 aromatic carbocycles. The number of carbonyl (C=O) groups is 5. The summed E-state index contributed by atoms with van der Waals surface area (Å²) in [6.45, 7) is 8.84. The minimum atomic E-state index is -1.35. The van der Waals surface area contributed by atoms with Crippen molar-refractivity contribution in [1.29, 1.82) is 0 Å². The Bertz CT molecular complexity index is 1120. The minimum Gasteiger partial charge on any atom is -0.456 e. The van der Waals surface area contributed by atoms with Crippen LogP contribution in [0, 0.1) is 5.92 Å². The van der Waals surface area contributed by atoms with Crippen LogP contribution in [-0.2, 0) is 30.5 Å². The third-order valence-electron chi connectivity index (χ3n) is 6.74. The van der Waals surface area contributed by atoms with Crippen LogP contribution in [0.2, 0.25) is 0 Å². The lowest BCUT2D eigenvalue weighted by atomic mass is 9.99. The third kappa shape index (κ3) is 12.3. The van der Waals surface area contributed by atoms with Crippen LogP contribution in [0.15, 0.2) is 30.4 Å². The molecule has 0 aliphatic carbocycles. The van der Waals surface area contributed by atoms with Crippen molar-refractivity contribution < 1.29 is 28.7 Å². The SMILES string of the molecule is CCCCCCCC(=O)SCC/C=C/[C@@H]1CC(=O)NCc2cccc(n2)C(=O)NC(C)(C)C(=O)N[C@@H](C(C)C)C(=O)O1. The fourth-order valence-electron chi connectivity index (χ4n) is 4.18. The van der Waals surface area contributed by atoms with Gasteiger partial charge in [-0.25, -0.2) is 9.78 Å². The number of fused-ring (bicyclic) bond motifs is 2. The fourth-order valence-corrected chi connectivity index (χ4v) is 4.95. The van der Waals surface area contributed by atoms with Crippen molar-refractivity contribution in [3.63, 3.8) is 0 Å². The Labute approximate surface area is 253 Å². The molecule has 232 valence electrons. The fraction of sp³-hybridized carbons (Fsp3) is 0.613. The normalized spacial score (nSPS) is 20.1. The maximum absolute atomic E-state index is 13.2. The highest BCUT2D eigenvalue weighted by atomic mass is 32.2. The number of carbonyl (C=O) groups excluding carboxylic acids is 5. The molecule has 1 aromatic rings. The second-order valence-electron chi connectivity index (χ2n) is 11.3. The lowest BCUT2D eigenvalue weighted by Crippen LogP contribution is -2.59. The maximum atomic E-state index is 13.2. The Morgan fingerprint density at radius 2 is 1.88 bits per heavy atom. The van der Waals surface area contributed by atoms with Crippen molar-refractivity contribution >= 4 is 40.6 Å². The minimum absolute atomic E-state index is 0.0695. The zero-order chi connectivity index (χ0) is 31.1. The van der Waals surface area contributed by atoms with Crippen LogP contribution in [0.5, 0.6) is 0 Å². The molecule has 0 unspecified atom stereocenters. The van der Waals surface area contributed by atoms with E-state index in [0.29, 0.717) is 24.3 Å². The maximum Gasteiger partial charge on any atom is 0.329 e. The number of thioether (sulfide) groups is 1. The molecule has 0 spiro atoms. The predicted molar refractivity (Wildman–Crippen MR) is 163 cm³/mol. The summed E-state index contributed by atoms with van der Waals surface area (Å²) in [6, 6.07) is 3.84. The van der Waals surface area contributed by atoms with Crippen LogP contribution < -0.4 is 16.0 Å². The molecule has 1 aromatic heterocycles. The van der Waals surface area contributed by atoms with Gasteiger partial charge in [0.15, 0.2) is 5.12 Å². The van der Waals surface area contributed by atoms with Gasteiger partial charge in [-0.1, -0.05) is 70.4 Å². The van der Waals surface area contributed by atoms with Gasteiger partial charge in [0.1, 0.15) is 23.4 Å². The molecule has 10 nitrogen and oxygen atoms in total. The number of rotatable bonds is 11. The van der Waals surface area contributed by atoms with E-state index in [1.54, 1.807) is 38.1 Å². The van der Waals surface area contributed by atoms with E-state index in [9.17, 15) is 24.0 Å². The van der Waals surface area contributed by atoms with Gasteiger partial charge in [-0.15, -0.1) is 0 Å². The van der Waals surface area contributed by atoms with Gasteiger partial charge < -0.3 is 20.7 Å². The van der Waals surface area contributed by atoms with Crippen molar-refractivity contribution in [3.8, 4) is 0 Å². The first-order chi connectivity index (χ1) is 19.9. The summed E-state index contributed by atoms with van der Waals surface area (Å²) in [5.41, 5.74) is -0.790. The first-order valence-electron chi connectivity index (χ1n) is 14.8. The van der Waals surface area contributed by atoms with Crippen molar-refractivity contribution in [3.05, 3.63) is 41.7 Å². The van der Waals surface area contributed by atoms with Gasteiger partial charge in [0.05, 0.1) is 18.7 Å². The van der Waals surface area contributed by atoms with E-state index < -0.39 is 35.5 Å². The monoisotopic (exact) mass is 602 g/mol. The standard InChI is InChI=1S/C31H46N4O6S/c1-6-7-8-9-10-17-26(37)42-18-12-11-15-23-19-25(36)32-20-22-14-13-16-24(33-22)28(38)35-31(4,5)30(40)34-27(21(2)3)29(39)41-23/h11,13-16,21,23,27H,6-10,12,17-20H2,1-5H3,(H,32,36)(H,34,40)(H,35,38)/b15-11+/t23-,27+/m1/s1. The quantitative estimate of drug-likeness (QED) is 0.194. The average molecular weight is 603 g/mol. The molecule has 0 saturated carbocycles. The summed E-state index contributed by atoms with van der Waals surface area (Å²) in [4.78, 5) is 68.4. The lowest BCUT2D eigenvalue weighted by Gasteiger charge is -2.29. The van der Waals surface area contributed by atoms with Gasteiger partial charge >= 0.3 is 5.97 Å². The van der Waals surface area contributed by atoms with E-state index in [-0.39, 0.29) is 35.6 Å². The molecule has 2 atom stereocenters. The number of esters is 1. The average Bonchev–Trinajstić information content (AvgIpc) is 2.93. The number of allylic oxidation sites excluding steroid dienone is 1. The van der Waals surface area contributed by atoms with Gasteiger partial charge in [0.2, 0.25) is 11.8 Å². The number of pyridine rings is 1. The van der Waals surface area contributed by atoms with E-state index in [0.717, 1.165) is 19.3 Å². The molecule has 0 radical (unpaired) electrons. The zero-order valence-electron chi connectivity index (χ0n) is 25.5. The van der Waals surface area contributed by atoms with E-state index in [1.165, 1.54) is 44.5 Å². The Morgan fingerprint density at radius 1 is 1.14 bits per heavy atom. The number of nitrogens with zero attached hydrogens (tertiary/aromatic N) is 1. The number of nitrogens with one attached hydrogen (secondary N) is 3. The van der Waals surface area contributed by atoms with Crippen LogP contribution in [0.4, 0.5) is 0 Å². The van der Waals surface area contributed by atoms with E-state index in [4.69, 9.17) is 4.74 Å². The molecule has 42 heavy (non-hydrogen) atoms. The van der Waals surface area contributed by atoms with Gasteiger partial charge in [0.25, 0.3) is 5.91 Å². The van der Waals surface area contributed by atoms with Gasteiger partial charge in [0, 0.05) is 12.2 Å². The highest BCUT2D eigenvalue weighted by Crippen LogP contribution is 2.15. The topological polar surface area (TPSA) is 144 Å². The van der Waals surface area contributed by atoms with Crippen molar-refractivity contribution in [2.75, 3.05) is 5.75 Å². The van der Waals surface area contributed by atoms with Gasteiger partial charge in [-0.3, -0.25) is 19.2 Å². The zero-order valence-corrected chi connectivity index (χ0v) is 26.3. The highest BCUT2D eigenvalue weighted by molar-refractivity contribution is 8.13. The van der Waals surface area contributed by atoms with Crippen molar-refractivity contribution in [1.82, 2.24) is 20.9 Å². The Balaban J connectivity index is 2.13. The van der Waals surface area contributed by atoms with Gasteiger partial charge in [-0.2, -0.15) is 0 Å². The molecule has 3 amide bonds. The molecule has 3 N–H and O–H groups in total. The molecule has 11 heteroatoms. The second kappa shape index (κ2) is 17.7. The summed E-state index contributed by atoms with van der Waals surface area (Å²) in [7, 11) is 0. The van der Waals surface area contributed by atoms with E-state index in [1.807, 2.05) is 0 Å². The van der Waals surface area contributed by atoms with E-state index in [2.05, 4.69) is 27.9 Å². The molecule has 2 rings (SSSR count). The summed E-state index contributed by atoms with van der Waals surface area (Å²) in [6.07, 6.45) is 9.07. The number of hydrogen-bond donors (Lipinski definition) is 3. The van der Waals surface area contributed by atoms with Crippen molar-refractivity contribution in [2.24, 2.45) is 5.92 Å². The Kier molecular flexibility index (Phi) is 14.7. The third-order valence-corrected chi connectivity index (χ3v) is 7.71. The Hall–Kier alpha value is -3.21. The first-order valence-corrected chi connectivity index (χ1v) is 15.8. The second-order valence-corrected chi connectivity index (χ2v) is 12.5. The van der Waals surface area contributed by atoms with Crippen LogP contribution in [0.25, 0.3) is 0 Å². The molecule has 2 bridgehead atoms. The molecule has 1 aliphatic heterocycles. The summed E-state index contributed by atoms with van der Waals surface area (Å²) < 4.78 is 5.71. The molecule has 0 fully saturated rings. The first kappa shape index (κ1) is 35.0. The van der Waals surface area contributed by atoms with Crippen LogP contribution >= 0.6 is 11.8 Å². The molecule has 0 saturated heterocycles. The largest absolute Gasteiger partial charge is 0.456 e. The Morgan fingerprint density at radius 3 is 2.60 bits per heavy atom. The highest BCUT2D eigenvalue weighted by Gasteiger charge is 2.36. The lowest BCUT2D eigenvalue weighted by molar-refractivity contribution is -0.153. The smallest absolute Gasteiger partial charge is 0.329 e. The number of unbranched alkanes of at least 4 members (excludes halogenated alkanes) is 4. The summed E-state index contributed by atoms with van der Waals surface area (Å²) in [5.74, 6) is -1.92. The molecular formula is C31H46N4O6S. The van der Waals surface area contributed by atoms with Crippen LogP contribution in [-0.4, -0.2) is 57.2 Å². The van der Waals surface area contributed by atoms with Crippen molar-refractivity contribution in [2.45, 2.75) is 110 Å². The van der Waals surface area contributed by atoms with Crippen LogP contribution in [0.3, 0.4) is 0 Å². The number of hydrogen-bond acceptors (Lipinski definition) is 8.